The Kier molecular flexibility index (Phi) is 4.36. The summed E-state index contributed by atoms with van der Waals surface area (Å²) in [7, 11) is 0. The van der Waals surface area contributed by atoms with Gasteiger partial charge in [-0.15, -0.1) is 0 Å². The predicted octanol–water partition coefficient (Wildman–Crippen LogP) is 1.30. The van der Waals surface area contributed by atoms with E-state index in [2.05, 4.69) is 24.1 Å². The Morgan fingerprint density at radius 1 is 1.67 bits per heavy atom. The maximum absolute atomic E-state index is 11.8. The molecule has 1 aromatic heterocycles. The lowest BCUT2D eigenvalue weighted by molar-refractivity contribution is -0.122. The lowest BCUT2D eigenvalue weighted by Gasteiger charge is -2.13. The lowest BCUT2D eigenvalue weighted by atomic mass is 10.2. The summed E-state index contributed by atoms with van der Waals surface area (Å²) in [6.45, 7) is 5.91. The van der Waals surface area contributed by atoms with Crippen LogP contribution in [0, 0.1) is 0 Å². The van der Waals surface area contributed by atoms with Crippen molar-refractivity contribution >= 4 is 5.91 Å². The van der Waals surface area contributed by atoms with Gasteiger partial charge in [-0.05, 0) is 12.8 Å². The van der Waals surface area contributed by atoms with Gasteiger partial charge in [0.2, 0.25) is 5.91 Å². The van der Waals surface area contributed by atoms with E-state index in [1.54, 1.807) is 6.20 Å². The van der Waals surface area contributed by atoms with E-state index >= 15 is 0 Å². The van der Waals surface area contributed by atoms with Crippen molar-refractivity contribution in [3.8, 4) is 0 Å². The van der Waals surface area contributed by atoms with Crippen LogP contribution in [0.5, 0.6) is 0 Å². The Morgan fingerprint density at radius 3 is 3.17 bits per heavy atom. The molecule has 0 aromatic carbocycles. The number of imidazole rings is 1. The molecule has 0 radical (unpaired) electrons. The third-order valence-corrected chi connectivity index (χ3v) is 3.13. The number of hydrogen-bond acceptors (Lipinski definition) is 3. The number of ether oxygens (including phenoxy) is 1. The normalized spacial score (nSPS) is 19.4. The molecule has 1 fully saturated rings. The van der Waals surface area contributed by atoms with Crippen LogP contribution in [0.1, 0.15) is 38.4 Å². The van der Waals surface area contributed by atoms with Crippen LogP contribution in [0.25, 0.3) is 0 Å². The molecule has 1 N–H and O–H groups in total. The number of carbonyl (C=O) groups excluding carboxylic acids is 1. The van der Waals surface area contributed by atoms with Gasteiger partial charge in [0.05, 0.1) is 6.10 Å². The Bertz CT molecular complexity index is 395. The van der Waals surface area contributed by atoms with Crippen LogP contribution in [0.4, 0.5) is 0 Å². The highest BCUT2D eigenvalue weighted by molar-refractivity contribution is 5.75. The van der Waals surface area contributed by atoms with Crippen molar-refractivity contribution in [3.05, 3.63) is 18.2 Å². The number of aromatic nitrogens is 2. The van der Waals surface area contributed by atoms with Gasteiger partial charge in [-0.1, -0.05) is 13.8 Å². The topological polar surface area (TPSA) is 56.2 Å². The first-order valence-electron chi connectivity index (χ1n) is 6.56. The second-order valence-electron chi connectivity index (χ2n) is 5.01. The van der Waals surface area contributed by atoms with Gasteiger partial charge >= 0.3 is 0 Å². The molecule has 1 aliphatic rings. The summed E-state index contributed by atoms with van der Waals surface area (Å²) >= 11 is 0. The summed E-state index contributed by atoms with van der Waals surface area (Å²) in [6, 6.07) is 0. The fourth-order valence-electron chi connectivity index (χ4n) is 2.20. The number of nitrogens with one attached hydrogen (secondary N) is 1. The minimum absolute atomic E-state index is 0.0189. The highest BCUT2D eigenvalue weighted by atomic mass is 16.5. The molecule has 5 heteroatoms. The molecule has 1 saturated heterocycles. The zero-order valence-electron chi connectivity index (χ0n) is 11.1. The molecule has 1 atom stereocenters. The van der Waals surface area contributed by atoms with Crippen LogP contribution in [-0.2, 0) is 16.1 Å². The van der Waals surface area contributed by atoms with Crippen molar-refractivity contribution in [3.63, 3.8) is 0 Å². The molecule has 0 saturated carbocycles. The molecular formula is C13H21N3O2. The second-order valence-corrected chi connectivity index (χ2v) is 5.01. The Labute approximate surface area is 108 Å². The molecule has 0 unspecified atom stereocenters. The molecule has 0 bridgehead atoms. The van der Waals surface area contributed by atoms with Crippen molar-refractivity contribution in [2.75, 3.05) is 13.2 Å². The van der Waals surface area contributed by atoms with Crippen LogP contribution < -0.4 is 5.32 Å². The fourth-order valence-corrected chi connectivity index (χ4v) is 2.20. The van der Waals surface area contributed by atoms with Gasteiger partial charge in [0.1, 0.15) is 12.4 Å². The first-order chi connectivity index (χ1) is 8.66. The Hall–Kier alpha value is -1.36. The van der Waals surface area contributed by atoms with Gasteiger partial charge in [-0.3, -0.25) is 4.79 Å². The van der Waals surface area contributed by atoms with E-state index in [0.29, 0.717) is 19.0 Å². The minimum Gasteiger partial charge on any atom is -0.376 e. The average molecular weight is 251 g/mol. The molecule has 18 heavy (non-hydrogen) atoms. The van der Waals surface area contributed by atoms with Gasteiger partial charge in [-0.25, -0.2) is 4.98 Å². The van der Waals surface area contributed by atoms with Crippen LogP contribution in [0.2, 0.25) is 0 Å². The van der Waals surface area contributed by atoms with Gasteiger partial charge < -0.3 is 14.6 Å². The van der Waals surface area contributed by atoms with Gasteiger partial charge in [0.15, 0.2) is 0 Å². The van der Waals surface area contributed by atoms with Crippen molar-refractivity contribution in [1.82, 2.24) is 14.9 Å². The van der Waals surface area contributed by atoms with E-state index in [4.69, 9.17) is 4.74 Å². The lowest BCUT2D eigenvalue weighted by Crippen LogP contribution is -2.34. The van der Waals surface area contributed by atoms with Gasteiger partial charge in [0, 0.05) is 31.5 Å². The maximum atomic E-state index is 11.8. The molecule has 0 aliphatic carbocycles. The summed E-state index contributed by atoms with van der Waals surface area (Å²) in [5.41, 5.74) is 0. The fraction of sp³-hybridized carbons (Fsp3) is 0.692. The Morgan fingerprint density at radius 2 is 2.50 bits per heavy atom. The van der Waals surface area contributed by atoms with E-state index in [0.717, 1.165) is 25.3 Å². The number of nitrogens with zero attached hydrogens (tertiary/aromatic N) is 2. The highest BCUT2D eigenvalue weighted by Crippen LogP contribution is 2.12. The van der Waals surface area contributed by atoms with Crippen LogP contribution >= 0.6 is 0 Å². The zero-order chi connectivity index (χ0) is 13.0. The van der Waals surface area contributed by atoms with E-state index < -0.39 is 0 Å². The van der Waals surface area contributed by atoms with Gasteiger partial charge in [0.25, 0.3) is 0 Å². The largest absolute Gasteiger partial charge is 0.376 e. The molecule has 1 amide bonds. The molecule has 2 rings (SSSR count). The summed E-state index contributed by atoms with van der Waals surface area (Å²) in [4.78, 5) is 16.1. The third-order valence-electron chi connectivity index (χ3n) is 3.13. The molecular weight excluding hydrogens is 230 g/mol. The average Bonchev–Trinajstić information content (AvgIpc) is 2.96. The molecule has 1 aliphatic heterocycles. The van der Waals surface area contributed by atoms with Crippen molar-refractivity contribution in [2.24, 2.45) is 0 Å². The SMILES string of the molecule is CC(C)c1nccn1CC(=O)NC[C@H]1CCCO1. The van der Waals surface area contributed by atoms with Crippen LogP contribution in [0.3, 0.4) is 0 Å². The minimum atomic E-state index is 0.0189. The van der Waals surface area contributed by atoms with Crippen molar-refractivity contribution in [2.45, 2.75) is 45.3 Å². The molecule has 100 valence electrons. The molecule has 1 aromatic rings. The number of rotatable bonds is 5. The highest BCUT2D eigenvalue weighted by Gasteiger charge is 2.16. The molecule has 0 spiro atoms. The summed E-state index contributed by atoms with van der Waals surface area (Å²) < 4.78 is 7.36. The number of hydrogen-bond donors (Lipinski definition) is 1. The third kappa shape index (κ3) is 3.32. The quantitative estimate of drug-likeness (QED) is 0.858. The first kappa shape index (κ1) is 13.1. The standard InChI is InChI=1S/C13H21N3O2/c1-10(2)13-14-5-6-16(13)9-12(17)15-8-11-4-3-7-18-11/h5-6,10-11H,3-4,7-9H2,1-2H3,(H,15,17)/t11-/m1/s1. The van der Waals surface area contributed by atoms with E-state index in [1.807, 2.05) is 10.8 Å². The van der Waals surface area contributed by atoms with E-state index in [-0.39, 0.29) is 12.0 Å². The van der Waals surface area contributed by atoms with Crippen molar-refractivity contribution < 1.29 is 9.53 Å². The number of amides is 1. The molecule has 2 heterocycles. The summed E-state index contributed by atoms with van der Waals surface area (Å²) in [5, 5.41) is 2.92. The first-order valence-corrected chi connectivity index (χ1v) is 6.56. The van der Waals surface area contributed by atoms with E-state index in [9.17, 15) is 4.79 Å². The van der Waals surface area contributed by atoms with E-state index in [1.165, 1.54) is 0 Å². The smallest absolute Gasteiger partial charge is 0.240 e. The molecule has 5 nitrogen and oxygen atoms in total. The van der Waals surface area contributed by atoms with Gasteiger partial charge in [-0.2, -0.15) is 0 Å². The Balaban J connectivity index is 1.81. The predicted molar refractivity (Wildman–Crippen MR) is 68.3 cm³/mol. The zero-order valence-corrected chi connectivity index (χ0v) is 11.1. The summed E-state index contributed by atoms with van der Waals surface area (Å²) in [6.07, 6.45) is 5.92. The monoisotopic (exact) mass is 251 g/mol. The van der Waals surface area contributed by atoms with Crippen LogP contribution in [-0.4, -0.2) is 34.7 Å². The maximum Gasteiger partial charge on any atom is 0.240 e. The second kappa shape index (κ2) is 6.00. The summed E-state index contributed by atoms with van der Waals surface area (Å²) in [5.74, 6) is 1.29. The van der Waals surface area contributed by atoms with Crippen molar-refractivity contribution in [1.29, 1.82) is 0 Å². The van der Waals surface area contributed by atoms with Crippen LogP contribution in [0.15, 0.2) is 12.4 Å². The number of carbonyl (C=O) groups is 1.